The van der Waals surface area contributed by atoms with Crippen LogP contribution in [0.2, 0.25) is 0 Å². The Kier molecular flexibility index (Phi) is 4.57. The zero-order valence-corrected chi connectivity index (χ0v) is 14.7. The quantitative estimate of drug-likeness (QED) is 0.756. The second kappa shape index (κ2) is 7.16. The molecule has 1 amide bonds. The zero-order chi connectivity index (χ0) is 17.9. The maximum absolute atomic E-state index is 11.3. The molecule has 26 heavy (non-hydrogen) atoms. The summed E-state index contributed by atoms with van der Waals surface area (Å²) in [6, 6.07) is 18.3. The fourth-order valence-electron chi connectivity index (χ4n) is 3.78. The van der Waals surface area contributed by atoms with Crippen molar-refractivity contribution < 1.29 is 9.53 Å². The Morgan fingerprint density at radius 2 is 2.04 bits per heavy atom. The topological polar surface area (TPSA) is 65.2 Å². The lowest BCUT2D eigenvalue weighted by Crippen LogP contribution is -2.18. The van der Waals surface area contributed by atoms with Crippen LogP contribution in [0, 0.1) is 0 Å². The summed E-state index contributed by atoms with van der Waals surface area (Å²) in [4.78, 5) is 15.9. The summed E-state index contributed by atoms with van der Waals surface area (Å²) < 4.78 is 5.97. The third-order valence-corrected chi connectivity index (χ3v) is 5.04. The van der Waals surface area contributed by atoms with Gasteiger partial charge in [0.25, 0.3) is 0 Å². The van der Waals surface area contributed by atoms with Gasteiger partial charge in [0.05, 0.1) is 11.2 Å². The van der Waals surface area contributed by atoms with Crippen LogP contribution < -0.4 is 10.5 Å². The van der Waals surface area contributed by atoms with E-state index in [1.54, 1.807) is 0 Å². The minimum atomic E-state index is -0.231. The number of carbonyl (C=O) groups is 1. The highest BCUT2D eigenvalue weighted by atomic mass is 16.5. The summed E-state index contributed by atoms with van der Waals surface area (Å²) in [5.74, 6) is 0.858. The van der Waals surface area contributed by atoms with Crippen LogP contribution in [-0.4, -0.2) is 10.9 Å². The van der Waals surface area contributed by atoms with Gasteiger partial charge in [0.1, 0.15) is 12.4 Å². The second-order valence-corrected chi connectivity index (χ2v) is 6.90. The van der Waals surface area contributed by atoms with E-state index in [2.05, 4.69) is 29.2 Å². The molecule has 1 unspecified atom stereocenters. The van der Waals surface area contributed by atoms with Crippen molar-refractivity contribution >= 4 is 16.8 Å². The number of hydrogen-bond donors (Lipinski definition) is 1. The number of hydrogen-bond acceptors (Lipinski definition) is 3. The van der Waals surface area contributed by atoms with Gasteiger partial charge >= 0.3 is 0 Å². The lowest BCUT2D eigenvalue weighted by Gasteiger charge is -2.25. The first-order valence-electron chi connectivity index (χ1n) is 9.07. The number of pyridine rings is 1. The zero-order valence-electron chi connectivity index (χ0n) is 14.7. The van der Waals surface area contributed by atoms with E-state index >= 15 is 0 Å². The molecule has 0 aliphatic heterocycles. The maximum atomic E-state index is 11.3. The van der Waals surface area contributed by atoms with Gasteiger partial charge in [-0.05, 0) is 60.6 Å². The molecule has 4 rings (SSSR count). The summed E-state index contributed by atoms with van der Waals surface area (Å²) in [6.45, 7) is 0.439. The molecule has 0 saturated heterocycles. The van der Waals surface area contributed by atoms with E-state index in [9.17, 15) is 4.79 Å². The molecule has 1 heterocycles. The van der Waals surface area contributed by atoms with E-state index in [-0.39, 0.29) is 11.8 Å². The van der Waals surface area contributed by atoms with Crippen molar-refractivity contribution in [1.29, 1.82) is 0 Å². The molecule has 0 fully saturated rings. The molecule has 0 spiro atoms. The Hall–Kier alpha value is -2.88. The van der Waals surface area contributed by atoms with Crippen molar-refractivity contribution in [2.45, 2.75) is 38.2 Å². The number of carbonyl (C=O) groups excluding carboxylic acids is 1. The van der Waals surface area contributed by atoms with Crippen LogP contribution in [0.4, 0.5) is 0 Å². The number of amides is 1. The molecule has 2 N–H and O–H groups in total. The number of ether oxygens (including phenoxy) is 1. The molecule has 4 nitrogen and oxygen atoms in total. The van der Waals surface area contributed by atoms with Gasteiger partial charge in [-0.1, -0.05) is 30.3 Å². The summed E-state index contributed by atoms with van der Waals surface area (Å²) in [7, 11) is 0. The fraction of sp³-hybridized carbons (Fsp3) is 0.273. The van der Waals surface area contributed by atoms with Crippen molar-refractivity contribution in [3.05, 3.63) is 71.4 Å². The SMILES string of the molecule is NC(=O)CC1CCCc2cc(OCc3ccc4ccccc4n3)ccc21. The number of nitrogens with two attached hydrogens (primary N) is 1. The van der Waals surface area contributed by atoms with Crippen LogP contribution in [0.5, 0.6) is 5.75 Å². The van der Waals surface area contributed by atoms with Crippen LogP contribution >= 0.6 is 0 Å². The number of fused-ring (bicyclic) bond motifs is 2. The van der Waals surface area contributed by atoms with E-state index < -0.39 is 0 Å². The number of nitrogens with zero attached hydrogens (tertiary/aromatic N) is 1. The highest BCUT2D eigenvalue weighted by molar-refractivity contribution is 5.78. The van der Waals surface area contributed by atoms with E-state index in [1.165, 1.54) is 11.1 Å². The summed E-state index contributed by atoms with van der Waals surface area (Å²) in [6.07, 6.45) is 3.56. The number of para-hydroxylation sites is 1. The van der Waals surface area contributed by atoms with Crippen molar-refractivity contribution in [2.75, 3.05) is 0 Å². The minimum Gasteiger partial charge on any atom is -0.487 e. The Labute approximate surface area is 153 Å². The molecule has 3 aromatic rings. The molecule has 1 aromatic heterocycles. The Morgan fingerprint density at radius 1 is 1.15 bits per heavy atom. The predicted octanol–water partition coefficient (Wildman–Crippen LogP) is 4.11. The van der Waals surface area contributed by atoms with Crippen LogP contribution in [-0.2, 0) is 17.8 Å². The van der Waals surface area contributed by atoms with Crippen molar-refractivity contribution in [1.82, 2.24) is 4.98 Å². The van der Waals surface area contributed by atoms with Gasteiger partial charge in [0.2, 0.25) is 5.91 Å². The third kappa shape index (κ3) is 3.54. The Balaban J connectivity index is 1.49. The van der Waals surface area contributed by atoms with Crippen LogP contribution in [0.1, 0.15) is 42.0 Å². The minimum absolute atomic E-state index is 0.231. The van der Waals surface area contributed by atoms with Crippen LogP contribution in [0.25, 0.3) is 10.9 Å². The van der Waals surface area contributed by atoms with Gasteiger partial charge in [-0.25, -0.2) is 4.98 Å². The van der Waals surface area contributed by atoms with Crippen LogP contribution in [0.15, 0.2) is 54.6 Å². The average Bonchev–Trinajstić information content (AvgIpc) is 2.66. The van der Waals surface area contributed by atoms with E-state index in [4.69, 9.17) is 10.5 Å². The maximum Gasteiger partial charge on any atom is 0.218 e. The molecule has 0 saturated carbocycles. The number of primary amides is 1. The normalized spacial score (nSPS) is 16.2. The molecule has 4 heteroatoms. The molecule has 1 atom stereocenters. The second-order valence-electron chi connectivity index (χ2n) is 6.90. The summed E-state index contributed by atoms with van der Waals surface area (Å²) in [5.41, 5.74) is 9.79. The van der Waals surface area contributed by atoms with E-state index in [0.29, 0.717) is 13.0 Å². The first-order chi connectivity index (χ1) is 12.7. The van der Waals surface area contributed by atoms with Crippen molar-refractivity contribution in [3.63, 3.8) is 0 Å². The molecule has 2 aromatic carbocycles. The molecular formula is C22H22N2O2. The van der Waals surface area contributed by atoms with E-state index in [0.717, 1.165) is 41.6 Å². The van der Waals surface area contributed by atoms with Crippen molar-refractivity contribution in [3.8, 4) is 5.75 Å². The monoisotopic (exact) mass is 346 g/mol. The molecule has 0 radical (unpaired) electrons. The van der Waals surface area contributed by atoms with Gasteiger partial charge in [-0.3, -0.25) is 4.79 Å². The highest BCUT2D eigenvalue weighted by Crippen LogP contribution is 2.35. The van der Waals surface area contributed by atoms with Gasteiger partial charge in [-0.2, -0.15) is 0 Å². The van der Waals surface area contributed by atoms with E-state index in [1.807, 2.05) is 30.3 Å². The standard InChI is InChI=1S/C22H22N2O2/c23-22(25)13-17-6-3-5-16-12-19(10-11-20(16)17)26-14-18-9-8-15-4-1-2-7-21(15)24-18/h1-2,4,7-12,17H,3,5-6,13-14H2,(H2,23,25). The Bertz CT molecular complexity index is 952. The van der Waals surface area contributed by atoms with Gasteiger partial charge in [0.15, 0.2) is 0 Å². The number of rotatable bonds is 5. The molecule has 0 bridgehead atoms. The fourth-order valence-corrected chi connectivity index (χ4v) is 3.78. The lowest BCUT2D eigenvalue weighted by molar-refractivity contribution is -0.118. The highest BCUT2D eigenvalue weighted by Gasteiger charge is 2.22. The Morgan fingerprint density at radius 3 is 2.92 bits per heavy atom. The largest absolute Gasteiger partial charge is 0.487 e. The summed E-state index contributed by atoms with van der Waals surface area (Å²) >= 11 is 0. The average molecular weight is 346 g/mol. The predicted molar refractivity (Wildman–Crippen MR) is 102 cm³/mol. The van der Waals surface area contributed by atoms with Crippen LogP contribution in [0.3, 0.4) is 0 Å². The number of aryl methyl sites for hydroxylation is 1. The third-order valence-electron chi connectivity index (χ3n) is 5.04. The first-order valence-corrected chi connectivity index (χ1v) is 9.07. The number of benzene rings is 2. The van der Waals surface area contributed by atoms with Crippen molar-refractivity contribution in [2.24, 2.45) is 5.73 Å². The summed E-state index contributed by atoms with van der Waals surface area (Å²) in [5, 5.41) is 1.13. The molecule has 132 valence electrons. The van der Waals surface area contributed by atoms with Gasteiger partial charge in [-0.15, -0.1) is 0 Å². The number of aromatic nitrogens is 1. The smallest absolute Gasteiger partial charge is 0.218 e. The molecule has 1 aliphatic rings. The molecule has 1 aliphatic carbocycles. The van der Waals surface area contributed by atoms with Gasteiger partial charge < -0.3 is 10.5 Å². The van der Waals surface area contributed by atoms with Gasteiger partial charge in [0, 0.05) is 11.8 Å². The molecular weight excluding hydrogens is 324 g/mol. The lowest BCUT2D eigenvalue weighted by atomic mass is 9.81. The first kappa shape index (κ1) is 16.6.